The van der Waals surface area contributed by atoms with E-state index in [9.17, 15) is 23.4 Å². The summed E-state index contributed by atoms with van der Waals surface area (Å²) < 4.78 is 30.7. The van der Waals surface area contributed by atoms with Gasteiger partial charge in [0.05, 0.1) is 15.8 Å². The lowest BCUT2D eigenvalue weighted by molar-refractivity contribution is 0.00674. The van der Waals surface area contributed by atoms with Gasteiger partial charge in [0, 0.05) is 6.42 Å². The molecule has 3 atom stereocenters. The molecule has 7 nitrogen and oxygen atoms in total. The smallest absolute Gasteiger partial charge is 0.407 e. The maximum atomic E-state index is 12.8. The molecule has 1 aliphatic rings. The predicted molar refractivity (Wildman–Crippen MR) is 96.2 cm³/mol. The standard InChI is InChI=1S/C18H25NO6S/c1-11-5-7-12(8-6-11)26(23,24)13-9-14(16(21)15(20)10-13)19-17(22)25-18(2,3)4/h5-8,10,14-16,20-21H,9H2,1-4H3,(H,19,22)/t14-,15-,16+/m1/s1. The molecule has 0 aliphatic heterocycles. The zero-order chi connectivity index (χ0) is 19.7. The molecule has 0 saturated carbocycles. The summed E-state index contributed by atoms with van der Waals surface area (Å²) in [5.41, 5.74) is 0.177. The molecule has 26 heavy (non-hydrogen) atoms. The highest BCUT2D eigenvalue weighted by atomic mass is 32.2. The van der Waals surface area contributed by atoms with Crippen LogP contribution in [-0.2, 0) is 14.6 Å². The Morgan fingerprint density at radius 1 is 1.19 bits per heavy atom. The number of carbonyl (C=O) groups excluding carboxylic acids is 1. The summed E-state index contributed by atoms with van der Waals surface area (Å²) in [6.45, 7) is 6.90. The Bertz CT molecular complexity index is 792. The van der Waals surface area contributed by atoms with E-state index in [0.717, 1.165) is 11.6 Å². The number of ether oxygens (including phenoxy) is 1. The third-order valence-electron chi connectivity index (χ3n) is 3.92. The van der Waals surface area contributed by atoms with Crippen molar-refractivity contribution in [2.75, 3.05) is 0 Å². The Hall–Kier alpha value is -1.90. The number of carbonyl (C=O) groups is 1. The fourth-order valence-corrected chi connectivity index (χ4v) is 4.11. The van der Waals surface area contributed by atoms with Gasteiger partial charge < -0.3 is 20.3 Å². The van der Waals surface area contributed by atoms with Crippen molar-refractivity contribution in [3.05, 3.63) is 40.8 Å². The van der Waals surface area contributed by atoms with Crippen molar-refractivity contribution in [1.82, 2.24) is 5.32 Å². The number of alkyl carbamates (subject to hydrolysis) is 1. The monoisotopic (exact) mass is 383 g/mol. The van der Waals surface area contributed by atoms with Gasteiger partial charge >= 0.3 is 6.09 Å². The molecule has 8 heteroatoms. The van der Waals surface area contributed by atoms with Crippen LogP contribution in [0.5, 0.6) is 0 Å². The van der Waals surface area contributed by atoms with Crippen LogP contribution >= 0.6 is 0 Å². The molecule has 1 aliphatic carbocycles. The number of aliphatic hydroxyl groups excluding tert-OH is 2. The second kappa shape index (κ2) is 7.38. The molecule has 0 aromatic heterocycles. The number of sulfone groups is 1. The lowest BCUT2D eigenvalue weighted by atomic mass is 9.96. The average Bonchev–Trinajstić information content (AvgIpc) is 2.50. The average molecular weight is 383 g/mol. The molecule has 1 aromatic rings. The lowest BCUT2D eigenvalue weighted by Gasteiger charge is -2.32. The van der Waals surface area contributed by atoms with E-state index in [1.165, 1.54) is 12.1 Å². The summed E-state index contributed by atoms with van der Waals surface area (Å²) in [5, 5.41) is 22.6. The number of amides is 1. The zero-order valence-corrected chi connectivity index (χ0v) is 16.1. The van der Waals surface area contributed by atoms with Gasteiger partial charge in [-0.1, -0.05) is 17.7 Å². The van der Waals surface area contributed by atoms with Crippen LogP contribution in [0.3, 0.4) is 0 Å². The maximum absolute atomic E-state index is 12.8. The first-order chi connectivity index (χ1) is 11.9. The highest BCUT2D eigenvalue weighted by Crippen LogP contribution is 2.29. The van der Waals surface area contributed by atoms with Crippen LogP contribution in [0.25, 0.3) is 0 Å². The molecule has 2 rings (SSSR count). The fourth-order valence-electron chi connectivity index (χ4n) is 2.60. The van der Waals surface area contributed by atoms with Gasteiger partial charge in [0.15, 0.2) is 0 Å². The van der Waals surface area contributed by atoms with Gasteiger partial charge in [-0.25, -0.2) is 13.2 Å². The molecule has 0 radical (unpaired) electrons. The van der Waals surface area contributed by atoms with Crippen LogP contribution in [0.2, 0.25) is 0 Å². The highest BCUT2D eigenvalue weighted by Gasteiger charge is 2.37. The summed E-state index contributed by atoms with van der Waals surface area (Å²) in [5.74, 6) is 0. The second-order valence-electron chi connectivity index (χ2n) is 7.39. The molecular weight excluding hydrogens is 358 g/mol. The van der Waals surface area contributed by atoms with Crippen molar-refractivity contribution >= 4 is 15.9 Å². The van der Waals surface area contributed by atoms with E-state index in [0.29, 0.717) is 0 Å². The summed E-state index contributed by atoms with van der Waals surface area (Å²) in [7, 11) is -3.84. The van der Waals surface area contributed by atoms with Gasteiger partial charge in [-0.05, 0) is 45.9 Å². The number of nitrogens with one attached hydrogen (secondary N) is 1. The molecule has 0 heterocycles. The predicted octanol–water partition coefficient (Wildman–Crippen LogP) is 1.67. The molecule has 1 amide bonds. The number of aryl methyl sites for hydroxylation is 1. The van der Waals surface area contributed by atoms with Crippen molar-refractivity contribution in [2.24, 2.45) is 0 Å². The van der Waals surface area contributed by atoms with E-state index >= 15 is 0 Å². The summed E-state index contributed by atoms with van der Waals surface area (Å²) in [6.07, 6.45) is -2.57. The Labute approximate surface area is 153 Å². The topological polar surface area (TPSA) is 113 Å². The van der Waals surface area contributed by atoms with Gasteiger partial charge in [-0.3, -0.25) is 0 Å². The number of aliphatic hydroxyl groups is 2. The first-order valence-electron chi connectivity index (χ1n) is 8.28. The highest BCUT2D eigenvalue weighted by molar-refractivity contribution is 7.95. The molecule has 0 bridgehead atoms. The van der Waals surface area contributed by atoms with Crippen molar-refractivity contribution in [2.45, 2.75) is 62.9 Å². The first kappa shape index (κ1) is 20.4. The normalized spacial score (nSPS) is 23.9. The Morgan fingerprint density at radius 2 is 1.77 bits per heavy atom. The van der Waals surface area contributed by atoms with Crippen LogP contribution in [0.15, 0.2) is 40.1 Å². The van der Waals surface area contributed by atoms with Crippen molar-refractivity contribution in [3.8, 4) is 0 Å². The quantitative estimate of drug-likeness (QED) is 0.732. The van der Waals surface area contributed by atoms with E-state index in [2.05, 4.69) is 5.32 Å². The van der Waals surface area contributed by atoms with Crippen LogP contribution in [0, 0.1) is 6.92 Å². The minimum atomic E-state index is -3.84. The molecule has 1 aromatic carbocycles. The van der Waals surface area contributed by atoms with E-state index in [-0.39, 0.29) is 16.2 Å². The first-order valence-corrected chi connectivity index (χ1v) is 9.76. The second-order valence-corrected chi connectivity index (χ2v) is 9.39. The van der Waals surface area contributed by atoms with Gasteiger partial charge in [0.1, 0.15) is 17.8 Å². The van der Waals surface area contributed by atoms with Gasteiger partial charge in [0.25, 0.3) is 0 Å². The molecule has 144 valence electrons. The third-order valence-corrected chi connectivity index (χ3v) is 5.80. The van der Waals surface area contributed by atoms with Crippen LogP contribution in [0.1, 0.15) is 32.8 Å². The Kier molecular flexibility index (Phi) is 5.79. The van der Waals surface area contributed by atoms with Gasteiger partial charge in [0.2, 0.25) is 9.84 Å². The molecule has 3 N–H and O–H groups in total. The van der Waals surface area contributed by atoms with Crippen molar-refractivity contribution in [3.63, 3.8) is 0 Å². The van der Waals surface area contributed by atoms with Crippen molar-refractivity contribution in [1.29, 1.82) is 0 Å². The fraction of sp³-hybridized carbons (Fsp3) is 0.500. The molecule has 0 fully saturated rings. The Morgan fingerprint density at radius 3 is 2.31 bits per heavy atom. The Balaban J connectivity index is 2.24. The minimum Gasteiger partial charge on any atom is -0.444 e. The van der Waals surface area contributed by atoms with Crippen LogP contribution < -0.4 is 5.32 Å². The van der Waals surface area contributed by atoms with Gasteiger partial charge in [-0.15, -0.1) is 0 Å². The number of hydrogen-bond acceptors (Lipinski definition) is 6. The molecule has 0 unspecified atom stereocenters. The van der Waals surface area contributed by atoms with E-state index in [1.54, 1.807) is 32.9 Å². The minimum absolute atomic E-state index is 0.0554. The number of hydrogen-bond donors (Lipinski definition) is 3. The number of benzene rings is 1. The summed E-state index contributed by atoms with van der Waals surface area (Å²) in [6, 6.07) is 5.34. The molecule has 0 spiro atoms. The lowest BCUT2D eigenvalue weighted by Crippen LogP contribution is -2.51. The van der Waals surface area contributed by atoms with Crippen molar-refractivity contribution < 1.29 is 28.2 Å². The van der Waals surface area contributed by atoms with Crippen LogP contribution in [0.4, 0.5) is 4.79 Å². The summed E-state index contributed by atoms with van der Waals surface area (Å²) >= 11 is 0. The van der Waals surface area contributed by atoms with E-state index in [4.69, 9.17) is 4.74 Å². The maximum Gasteiger partial charge on any atom is 0.407 e. The summed E-state index contributed by atoms with van der Waals surface area (Å²) in [4.78, 5) is 12.0. The SMILES string of the molecule is Cc1ccc(S(=O)(=O)C2=C[C@@H](O)[C@@H](O)[C@H](NC(=O)OC(C)(C)C)C2)cc1. The van der Waals surface area contributed by atoms with E-state index in [1.807, 2.05) is 6.92 Å². The van der Waals surface area contributed by atoms with E-state index < -0.39 is 39.8 Å². The zero-order valence-electron chi connectivity index (χ0n) is 15.3. The van der Waals surface area contributed by atoms with Crippen LogP contribution in [-0.4, -0.2) is 48.6 Å². The third kappa shape index (κ3) is 4.84. The largest absolute Gasteiger partial charge is 0.444 e. The molecule has 0 saturated heterocycles. The molecular formula is C18H25NO6S. The number of rotatable bonds is 3. The van der Waals surface area contributed by atoms with Gasteiger partial charge in [-0.2, -0.15) is 0 Å².